The minimum absolute atomic E-state index is 0.127. The summed E-state index contributed by atoms with van der Waals surface area (Å²) in [4.78, 5) is 15.1. The van der Waals surface area contributed by atoms with Gasteiger partial charge in [0.05, 0.1) is 6.04 Å². The Hall–Kier alpha value is -1.81. The van der Waals surface area contributed by atoms with Gasteiger partial charge in [0.25, 0.3) is 0 Å². The van der Waals surface area contributed by atoms with Crippen LogP contribution in [0.4, 0.5) is 4.79 Å². The smallest absolute Gasteiger partial charge is 0.318 e. The normalized spacial score (nSPS) is 31.6. The Balaban J connectivity index is 1.71. The number of hydrogen-bond donors (Lipinski definition) is 2. The van der Waals surface area contributed by atoms with E-state index in [0.717, 1.165) is 38.8 Å². The summed E-state index contributed by atoms with van der Waals surface area (Å²) in [6, 6.07) is 11.6. The van der Waals surface area contributed by atoms with E-state index in [4.69, 9.17) is 0 Å². The molecule has 2 fully saturated rings. The van der Waals surface area contributed by atoms with E-state index in [1.807, 2.05) is 0 Å². The fourth-order valence-corrected chi connectivity index (χ4v) is 4.45. The summed E-state index contributed by atoms with van der Waals surface area (Å²) >= 11 is 0. The number of piperidine rings is 1. The van der Waals surface area contributed by atoms with Crippen molar-refractivity contribution >= 4 is 6.03 Å². The van der Waals surface area contributed by atoms with E-state index in [9.17, 15) is 4.79 Å². The van der Waals surface area contributed by atoms with Gasteiger partial charge in [-0.2, -0.15) is 0 Å². The summed E-state index contributed by atoms with van der Waals surface area (Å²) in [6.07, 6.45) is 8.60. The first kappa shape index (κ1) is 14.8. The number of carbonyl (C=O) groups excluding carboxylic acids is 1. The van der Waals surface area contributed by atoms with Gasteiger partial charge in [0.2, 0.25) is 0 Å². The molecule has 122 valence electrons. The van der Waals surface area contributed by atoms with Crippen LogP contribution in [-0.2, 0) is 0 Å². The maximum atomic E-state index is 12.9. The van der Waals surface area contributed by atoms with Crippen molar-refractivity contribution in [1.82, 2.24) is 15.5 Å². The number of carbonyl (C=O) groups is 1. The molecule has 2 amide bonds. The van der Waals surface area contributed by atoms with E-state index < -0.39 is 0 Å². The zero-order valence-electron chi connectivity index (χ0n) is 13.4. The van der Waals surface area contributed by atoms with E-state index in [2.05, 4.69) is 58.0 Å². The lowest BCUT2D eigenvalue weighted by molar-refractivity contribution is 0.0551. The Kier molecular flexibility index (Phi) is 4.08. The molecule has 23 heavy (non-hydrogen) atoms. The van der Waals surface area contributed by atoms with Gasteiger partial charge in [-0.3, -0.25) is 0 Å². The second-order valence-electron chi connectivity index (χ2n) is 6.91. The predicted molar refractivity (Wildman–Crippen MR) is 91.1 cm³/mol. The molecule has 1 aliphatic carbocycles. The number of nitrogens with zero attached hydrogens (tertiary/aromatic N) is 1. The average molecular weight is 311 g/mol. The third-order valence-electron chi connectivity index (χ3n) is 5.57. The van der Waals surface area contributed by atoms with Crippen LogP contribution in [0.15, 0.2) is 42.5 Å². The highest BCUT2D eigenvalue weighted by Gasteiger charge is 2.45. The molecule has 0 saturated carbocycles. The topological polar surface area (TPSA) is 44.4 Å². The maximum Gasteiger partial charge on any atom is 0.318 e. The Morgan fingerprint density at radius 1 is 1.00 bits per heavy atom. The van der Waals surface area contributed by atoms with Crippen molar-refractivity contribution in [1.29, 1.82) is 0 Å². The monoisotopic (exact) mass is 311 g/mol. The van der Waals surface area contributed by atoms with E-state index >= 15 is 0 Å². The first-order valence-electron chi connectivity index (χ1n) is 8.84. The molecule has 2 aliphatic heterocycles. The highest BCUT2D eigenvalue weighted by Crippen LogP contribution is 2.41. The second kappa shape index (κ2) is 6.36. The third kappa shape index (κ3) is 2.76. The van der Waals surface area contributed by atoms with Crippen molar-refractivity contribution in [2.45, 2.75) is 43.8 Å². The van der Waals surface area contributed by atoms with Crippen LogP contribution in [0.25, 0.3) is 0 Å². The number of fused-ring (bicyclic) bond motifs is 1. The molecular formula is C19H25N3O. The lowest BCUT2D eigenvalue weighted by Crippen LogP contribution is -2.62. The molecule has 4 nitrogen and oxygen atoms in total. The summed E-state index contributed by atoms with van der Waals surface area (Å²) in [5.74, 6) is 0.468. The number of amides is 2. The first-order valence-corrected chi connectivity index (χ1v) is 8.84. The minimum Gasteiger partial charge on any atom is -0.335 e. The number of hydrogen-bond acceptors (Lipinski definition) is 2. The van der Waals surface area contributed by atoms with Crippen molar-refractivity contribution in [2.75, 3.05) is 13.1 Å². The van der Waals surface area contributed by atoms with Crippen molar-refractivity contribution < 1.29 is 4.79 Å². The summed E-state index contributed by atoms with van der Waals surface area (Å²) in [6.45, 7) is 2.01. The first-order chi connectivity index (χ1) is 11.3. The molecule has 2 saturated heterocycles. The van der Waals surface area contributed by atoms with E-state index in [-0.39, 0.29) is 18.1 Å². The van der Waals surface area contributed by atoms with Gasteiger partial charge in [0, 0.05) is 18.0 Å². The number of benzene rings is 1. The highest BCUT2D eigenvalue weighted by molar-refractivity contribution is 5.77. The maximum absolute atomic E-state index is 12.9. The molecule has 1 aromatic carbocycles. The molecule has 4 rings (SSSR count). The molecule has 2 heterocycles. The van der Waals surface area contributed by atoms with Gasteiger partial charge >= 0.3 is 6.03 Å². The fourth-order valence-electron chi connectivity index (χ4n) is 4.45. The molecule has 1 aromatic rings. The van der Waals surface area contributed by atoms with Crippen LogP contribution in [0.1, 0.15) is 37.3 Å². The molecule has 2 N–H and O–H groups in total. The largest absolute Gasteiger partial charge is 0.335 e. The lowest BCUT2D eigenvalue weighted by Gasteiger charge is -2.50. The van der Waals surface area contributed by atoms with Gasteiger partial charge in [-0.1, -0.05) is 42.5 Å². The van der Waals surface area contributed by atoms with Crippen LogP contribution in [0, 0.1) is 5.92 Å². The third-order valence-corrected chi connectivity index (χ3v) is 5.57. The van der Waals surface area contributed by atoms with Gasteiger partial charge in [-0.05, 0) is 44.3 Å². The van der Waals surface area contributed by atoms with Crippen LogP contribution in [-0.4, -0.2) is 36.1 Å². The van der Waals surface area contributed by atoms with Crippen LogP contribution in [0.5, 0.6) is 0 Å². The standard InChI is InChI=1S/C19H25N3O/c23-19-21-17-9-5-4-8-16(17)18(14-6-2-1-3-7-14)22(19)15-10-12-20-13-11-15/h1-7,15-18,20H,8-13H2,(H,21,23)/t16-,17?,18+/m0/s1. The Bertz CT molecular complexity index is 580. The summed E-state index contributed by atoms with van der Waals surface area (Å²) in [7, 11) is 0. The summed E-state index contributed by atoms with van der Waals surface area (Å²) < 4.78 is 0. The average Bonchev–Trinajstić information content (AvgIpc) is 2.62. The van der Waals surface area contributed by atoms with Gasteiger partial charge < -0.3 is 15.5 Å². The number of rotatable bonds is 2. The number of nitrogens with one attached hydrogen (secondary N) is 2. The van der Waals surface area contributed by atoms with Crippen molar-refractivity contribution in [3.63, 3.8) is 0 Å². The Morgan fingerprint density at radius 3 is 2.52 bits per heavy atom. The van der Waals surface area contributed by atoms with Gasteiger partial charge in [0.1, 0.15) is 0 Å². The Morgan fingerprint density at radius 2 is 1.74 bits per heavy atom. The van der Waals surface area contributed by atoms with Gasteiger partial charge in [-0.15, -0.1) is 0 Å². The van der Waals surface area contributed by atoms with Gasteiger partial charge in [-0.25, -0.2) is 4.79 Å². The van der Waals surface area contributed by atoms with Crippen LogP contribution in [0.2, 0.25) is 0 Å². The van der Waals surface area contributed by atoms with Gasteiger partial charge in [0.15, 0.2) is 0 Å². The van der Waals surface area contributed by atoms with Crippen LogP contribution in [0.3, 0.4) is 0 Å². The number of allylic oxidation sites excluding steroid dienone is 1. The molecule has 3 atom stereocenters. The van der Waals surface area contributed by atoms with Crippen LogP contribution >= 0.6 is 0 Å². The lowest BCUT2D eigenvalue weighted by atomic mass is 9.77. The van der Waals surface area contributed by atoms with E-state index in [0.29, 0.717) is 12.0 Å². The fraction of sp³-hybridized carbons (Fsp3) is 0.526. The quantitative estimate of drug-likeness (QED) is 0.825. The zero-order valence-corrected chi connectivity index (χ0v) is 13.4. The number of urea groups is 1. The van der Waals surface area contributed by atoms with Crippen molar-refractivity contribution in [3.05, 3.63) is 48.0 Å². The molecule has 0 spiro atoms. The molecule has 3 aliphatic rings. The second-order valence-corrected chi connectivity index (χ2v) is 6.91. The van der Waals surface area contributed by atoms with Crippen LogP contribution < -0.4 is 10.6 Å². The summed E-state index contributed by atoms with van der Waals surface area (Å²) in [5.41, 5.74) is 1.28. The SMILES string of the molecule is O=C1NC2CC=CC[C@@H]2[C@@H](c2ccccc2)N1C1CCNCC1. The van der Waals surface area contributed by atoms with E-state index in [1.54, 1.807) is 0 Å². The minimum atomic E-state index is 0.127. The van der Waals surface area contributed by atoms with E-state index in [1.165, 1.54) is 5.56 Å². The molecule has 4 heteroatoms. The summed E-state index contributed by atoms with van der Waals surface area (Å²) in [5, 5.41) is 6.69. The molecule has 0 radical (unpaired) electrons. The molecular weight excluding hydrogens is 286 g/mol. The van der Waals surface area contributed by atoms with Crippen molar-refractivity contribution in [3.8, 4) is 0 Å². The molecule has 1 unspecified atom stereocenters. The zero-order chi connectivity index (χ0) is 15.6. The predicted octanol–water partition coefficient (Wildman–Crippen LogP) is 2.84. The highest BCUT2D eigenvalue weighted by atomic mass is 16.2. The molecule has 0 aromatic heterocycles. The Labute approximate surface area is 137 Å². The van der Waals surface area contributed by atoms with Crippen molar-refractivity contribution in [2.24, 2.45) is 5.92 Å². The molecule has 0 bridgehead atoms.